The maximum absolute atomic E-state index is 12.5. The molecule has 1 aliphatic rings. The molecule has 1 aromatic heterocycles. The second-order valence-corrected chi connectivity index (χ2v) is 7.51. The molecular formula is C20H26N4O4S. The molecule has 0 atom stereocenters. The van der Waals surface area contributed by atoms with Crippen LogP contribution >= 0.6 is 11.8 Å². The first-order valence-electron chi connectivity index (χ1n) is 9.61. The molecule has 0 radical (unpaired) electrons. The van der Waals surface area contributed by atoms with Gasteiger partial charge in [-0.05, 0) is 38.5 Å². The number of nitrogens with one attached hydrogen (secondary N) is 2. The van der Waals surface area contributed by atoms with E-state index >= 15 is 0 Å². The van der Waals surface area contributed by atoms with E-state index in [4.69, 9.17) is 9.47 Å². The Kier molecular flexibility index (Phi) is 7.29. The molecule has 2 N–H and O–H groups in total. The molecule has 156 valence electrons. The summed E-state index contributed by atoms with van der Waals surface area (Å²) in [5, 5.41) is 9.96. The summed E-state index contributed by atoms with van der Waals surface area (Å²) in [7, 11) is 0. The fourth-order valence-corrected chi connectivity index (χ4v) is 4.08. The Hall–Kier alpha value is -2.36. The van der Waals surface area contributed by atoms with Gasteiger partial charge < -0.3 is 20.1 Å². The van der Waals surface area contributed by atoms with Gasteiger partial charge in [0.05, 0.1) is 17.9 Å². The quantitative estimate of drug-likeness (QED) is 0.505. The minimum Gasteiger partial charge on any atom is -0.351 e. The topological polar surface area (TPSA) is 94.5 Å². The van der Waals surface area contributed by atoms with Gasteiger partial charge in [0.1, 0.15) is 5.82 Å². The summed E-state index contributed by atoms with van der Waals surface area (Å²) in [6, 6.07) is 7.84. The molecule has 2 heterocycles. The zero-order valence-electron chi connectivity index (χ0n) is 16.9. The van der Waals surface area contributed by atoms with Crippen molar-refractivity contribution < 1.29 is 19.1 Å². The number of thioether (sulfide) groups is 1. The molecule has 0 bridgehead atoms. The van der Waals surface area contributed by atoms with Gasteiger partial charge in [0.25, 0.3) is 0 Å². The van der Waals surface area contributed by atoms with E-state index in [1.165, 1.54) is 0 Å². The molecule has 29 heavy (non-hydrogen) atoms. The maximum atomic E-state index is 12.5. The van der Waals surface area contributed by atoms with Crippen LogP contribution in [-0.2, 0) is 30.6 Å². The lowest BCUT2D eigenvalue weighted by Crippen LogP contribution is -2.41. The summed E-state index contributed by atoms with van der Waals surface area (Å²) in [6.45, 7) is 6.67. The van der Waals surface area contributed by atoms with Gasteiger partial charge in [-0.25, -0.2) is 4.68 Å². The number of amides is 2. The van der Waals surface area contributed by atoms with E-state index in [0.29, 0.717) is 19.0 Å². The van der Waals surface area contributed by atoms with E-state index in [1.807, 2.05) is 45.0 Å². The first-order valence-corrected chi connectivity index (χ1v) is 10.8. The van der Waals surface area contributed by atoms with Crippen LogP contribution in [0.25, 0.3) is 5.69 Å². The molecule has 1 aromatic carbocycles. The van der Waals surface area contributed by atoms with E-state index in [-0.39, 0.29) is 6.54 Å². The number of anilines is 1. The highest BCUT2D eigenvalue weighted by Gasteiger charge is 2.26. The Labute approximate surface area is 174 Å². The summed E-state index contributed by atoms with van der Waals surface area (Å²) in [5.74, 6) is 0.584. The zero-order valence-corrected chi connectivity index (χ0v) is 17.7. The van der Waals surface area contributed by atoms with Gasteiger partial charge in [0, 0.05) is 30.3 Å². The minimum atomic E-state index is -0.745. The normalized spacial score (nSPS) is 12.8. The van der Waals surface area contributed by atoms with E-state index in [0.717, 1.165) is 34.0 Å². The number of fused-ring (bicyclic) bond motifs is 1. The second kappa shape index (κ2) is 9.91. The summed E-state index contributed by atoms with van der Waals surface area (Å²) >= 11 is 1.73. The van der Waals surface area contributed by atoms with Gasteiger partial charge in [0.2, 0.25) is 0 Å². The molecule has 2 amide bonds. The number of carbonyl (C=O) groups excluding carboxylic acids is 2. The van der Waals surface area contributed by atoms with Crippen LogP contribution in [0.1, 0.15) is 30.7 Å². The van der Waals surface area contributed by atoms with Crippen molar-refractivity contribution in [2.45, 2.75) is 38.6 Å². The molecule has 1 aliphatic heterocycles. The molecule has 0 saturated carbocycles. The minimum absolute atomic E-state index is 0.0963. The van der Waals surface area contributed by atoms with Crippen molar-refractivity contribution in [2.24, 2.45) is 0 Å². The molecular weight excluding hydrogens is 392 g/mol. The highest BCUT2D eigenvalue weighted by Crippen LogP contribution is 2.36. The average molecular weight is 419 g/mol. The van der Waals surface area contributed by atoms with Crippen molar-refractivity contribution in [1.82, 2.24) is 15.1 Å². The molecule has 3 rings (SSSR count). The van der Waals surface area contributed by atoms with Crippen molar-refractivity contribution in [1.29, 1.82) is 0 Å². The van der Waals surface area contributed by atoms with Gasteiger partial charge in [-0.15, -0.1) is 0 Å². The SMILES string of the molecule is CCOC(CNC(=O)C(=O)Nc1c2c(nn1-c1cccc(C)c1)CSC2)OCC. The Balaban J connectivity index is 1.74. The van der Waals surface area contributed by atoms with Crippen LogP contribution in [0.2, 0.25) is 0 Å². The van der Waals surface area contributed by atoms with Crippen LogP contribution in [0.15, 0.2) is 24.3 Å². The molecule has 9 heteroatoms. The summed E-state index contributed by atoms with van der Waals surface area (Å²) in [4.78, 5) is 24.9. The van der Waals surface area contributed by atoms with Crippen LogP contribution < -0.4 is 10.6 Å². The van der Waals surface area contributed by atoms with Crippen LogP contribution in [0, 0.1) is 6.92 Å². The number of ether oxygens (including phenoxy) is 2. The largest absolute Gasteiger partial charge is 0.351 e. The summed E-state index contributed by atoms with van der Waals surface area (Å²) < 4.78 is 12.5. The third kappa shape index (κ3) is 5.17. The molecule has 0 saturated heterocycles. The smallest absolute Gasteiger partial charge is 0.314 e. The molecule has 0 unspecified atom stereocenters. The monoisotopic (exact) mass is 418 g/mol. The fraction of sp³-hybridized carbons (Fsp3) is 0.450. The van der Waals surface area contributed by atoms with Gasteiger partial charge in [-0.2, -0.15) is 16.9 Å². The zero-order chi connectivity index (χ0) is 20.8. The van der Waals surface area contributed by atoms with Crippen molar-refractivity contribution >= 4 is 29.4 Å². The second-order valence-electron chi connectivity index (χ2n) is 6.52. The maximum Gasteiger partial charge on any atom is 0.314 e. The lowest BCUT2D eigenvalue weighted by atomic mass is 10.2. The lowest BCUT2D eigenvalue weighted by Gasteiger charge is -2.17. The lowest BCUT2D eigenvalue weighted by molar-refractivity contribution is -0.145. The number of aromatic nitrogens is 2. The fourth-order valence-electron chi connectivity index (χ4n) is 3.05. The Morgan fingerprint density at radius 2 is 1.97 bits per heavy atom. The standard InChI is InChI=1S/C20H26N4O4S/c1-4-27-17(28-5-2)10-21-19(25)20(26)22-18-15-11-29-12-16(15)23-24(18)14-8-6-7-13(3)9-14/h6-9,17H,4-5,10-12H2,1-3H3,(H,21,25)(H,22,26). The van der Waals surface area contributed by atoms with Crippen molar-refractivity contribution in [3.63, 3.8) is 0 Å². The molecule has 0 aliphatic carbocycles. The number of rotatable bonds is 8. The van der Waals surface area contributed by atoms with E-state index in [2.05, 4.69) is 15.7 Å². The van der Waals surface area contributed by atoms with E-state index in [1.54, 1.807) is 16.4 Å². The van der Waals surface area contributed by atoms with Crippen LogP contribution in [0.3, 0.4) is 0 Å². The van der Waals surface area contributed by atoms with Gasteiger partial charge >= 0.3 is 11.8 Å². The van der Waals surface area contributed by atoms with Gasteiger partial charge in [-0.3, -0.25) is 9.59 Å². The van der Waals surface area contributed by atoms with Crippen molar-refractivity contribution in [3.8, 4) is 5.69 Å². The van der Waals surface area contributed by atoms with Crippen LogP contribution in [-0.4, -0.2) is 47.6 Å². The average Bonchev–Trinajstić information content (AvgIpc) is 3.29. The predicted molar refractivity (Wildman–Crippen MR) is 112 cm³/mol. The van der Waals surface area contributed by atoms with Crippen LogP contribution in [0.5, 0.6) is 0 Å². The number of nitrogens with zero attached hydrogens (tertiary/aromatic N) is 2. The van der Waals surface area contributed by atoms with Crippen molar-refractivity contribution in [2.75, 3.05) is 25.1 Å². The number of hydrogen-bond donors (Lipinski definition) is 2. The third-order valence-electron chi connectivity index (χ3n) is 4.37. The van der Waals surface area contributed by atoms with Crippen molar-refractivity contribution in [3.05, 3.63) is 41.1 Å². The van der Waals surface area contributed by atoms with E-state index in [9.17, 15) is 9.59 Å². The summed E-state index contributed by atoms with van der Waals surface area (Å²) in [5.41, 5.74) is 3.81. The number of benzene rings is 1. The highest BCUT2D eigenvalue weighted by atomic mass is 32.2. The molecule has 2 aromatic rings. The Morgan fingerprint density at radius 3 is 2.66 bits per heavy atom. The molecule has 0 fully saturated rings. The third-order valence-corrected chi connectivity index (χ3v) is 5.34. The number of aryl methyl sites for hydroxylation is 1. The first-order chi connectivity index (χ1) is 14.0. The Bertz CT molecular complexity index is 877. The predicted octanol–water partition coefficient (Wildman–Crippen LogP) is 2.38. The number of hydrogen-bond acceptors (Lipinski definition) is 6. The first kappa shape index (κ1) is 21.4. The van der Waals surface area contributed by atoms with Gasteiger partial charge in [-0.1, -0.05) is 12.1 Å². The molecule has 0 spiro atoms. The number of carbonyl (C=O) groups is 2. The van der Waals surface area contributed by atoms with E-state index < -0.39 is 18.1 Å². The Morgan fingerprint density at radius 1 is 1.21 bits per heavy atom. The molecule has 8 nitrogen and oxygen atoms in total. The summed E-state index contributed by atoms with van der Waals surface area (Å²) in [6.07, 6.45) is -0.583. The highest BCUT2D eigenvalue weighted by molar-refractivity contribution is 7.98. The van der Waals surface area contributed by atoms with Crippen LogP contribution in [0.4, 0.5) is 5.82 Å². The van der Waals surface area contributed by atoms with Gasteiger partial charge in [0.15, 0.2) is 6.29 Å².